The molecule has 1 aromatic rings. The Bertz CT molecular complexity index is 497. The van der Waals surface area contributed by atoms with E-state index in [2.05, 4.69) is 0 Å². The van der Waals surface area contributed by atoms with Gasteiger partial charge in [0.15, 0.2) is 6.10 Å². The maximum absolute atomic E-state index is 12.0. The number of β-amino-alcohol motifs (C(OH)–C–C–N with tert-alkyl or cyclic N) is 1. The van der Waals surface area contributed by atoms with Crippen LogP contribution in [0.4, 0.5) is 0 Å². The Labute approximate surface area is 121 Å². The molecule has 1 fully saturated rings. The number of ether oxygens (including phenoxy) is 1. The Morgan fingerprint density at radius 2 is 2.11 bits per heavy atom. The molecule has 1 aromatic carbocycles. The van der Waals surface area contributed by atoms with Crippen LogP contribution in [0.3, 0.4) is 0 Å². The largest absolute Gasteiger partial charge is 0.479 e. The summed E-state index contributed by atoms with van der Waals surface area (Å²) in [5.41, 5.74) is -0.784. The lowest BCUT2D eigenvalue weighted by molar-refractivity contribution is -0.158. The zero-order valence-electron chi connectivity index (χ0n) is 10.7. The van der Waals surface area contributed by atoms with Crippen molar-refractivity contribution in [3.8, 4) is 5.75 Å². The summed E-state index contributed by atoms with van der Waals surface area (Å²) in [5, 5.41) is 10.5. The van der Waals surface area contributed by atoms with Crippen molar-refractivity contribution in [2.45, 2.75) is 25.6 Å². The summed E-state index contributed by atoms with van der Waals surface area (Å²) in [5.74, 6) is 0.247. The van der Waals surface area contributed by atoms with E-state index < -0.39 is 11.7 Å². The minimum Gasteiger partial charge on any atom is -0.479 e. The summed E-state index contributed by atoms with van der Waals surface area (Å²) < 4.78 is 5.52. The number of amides is 1. The number of nitrogens with zero attached hydrogens (tertiary/aromatic N) is 1. The average molecular weight is 304 g/mol. The highest BCUT2D eigenvalue weighted by atomic mass is 35.5. The molecule has 2 rings (SSSR count). The Morgan fingerprint density at radius 3 is 2.63 bits per heavy atom. The Hall–Kier alpha value is -0.970. The molecule has 1 atom stereocenters. The van der Waals surface area contributed by atoms with Crippen LogP contribution in [-0.4, -0.2) is 40.7 Å². The second-order valence-electron chi connectivity index (χ2n) is 5.03. The van der Waals surface area contributed by atoms with Gasteiger partial charge in [0.05, 0.1) is 23.7 Å². The standard InChI is InChI=1S/C13H15Cl2NO3/c1-8(12(17)16-6-13(2,18)7-16)19-11-4-3-9(14)5-10(11)15/h3-5,8,18H,6-7H2,1-2H3. The third-order valence-electron chi connectivity index (χ3n) is 2.92. The van der Waals surface area contributed by atoms with Crippen LogP contribution in [0.15, 0.2) is 18.2 Å². The summed E-state index contributed by atoms with van der Waals surface area (Å²) in [6.45, 7) is 4.00. The normalized spacial score (nSPS) is 18.7. The van der Waals surface area contributed by atoms with Crippen LogP contribution >= 0.6 is 23.2 Å². The molecule has 1 saturated heterocycles. The molecule has 0 bridgehead atoms. The van der Waals surface area contributed by atoms with E-state index in [4.69, 9.17) is 27.9 Å². The van der Waals surface area contributed by atoms with Crippen molar-refractivity contribution in [1.82, 2.24) is 4.90 Å². The smallest absolute Gasteiger partial charge is 0.263 e. The number of likely N-dealkylation sites (tertiary alicyclic amines) is 1. The highest BCUT2D eigenvalue weighted by Crippen LogP contribution is 2.29. The summed E-state index contributed by atoms with van der Waals surface area (Å²) >= 11 is 11.8. The number of benzene rings is 1. The van der Waals surface area contributed by atoms with Crippen molar-refractivity contribution >= 4 is 29.1 Å². The van der Waals surface area contributed by atoms with E-state index in [-0.39, 0.29) is 5.91 Å². The van der Waals surface area contributed by atoms with Crippen LogP contribution < -0.4 is 4.74 Å². The van der Waals surface area contributed by atoms with Crippen LogP contribution in [-0.2, 0) is 4.79 Å². The number of rotatable bonds is 3. The molecule has 104 valence electrons. The zero-order chi connectivity index (χ0) is 14.2. The fourth-order valence-corrected chi connectivity index (χ4v) is 2.45. The monoisotopic (exact) mass is 303 g/mol. The van der Waals surface area contributed by atoms with Crippen LogP contribution in [0.1, 0.15) is 13.8 Å². The van der Waals surface area contributed by atoms with Gasteiger partial charge in [-0.25, -0.2) is 0 Å². The maximum Gasteiger partial charge on any atom is 0.263 e. The van der Waals surface area contributed by atoms with E-state index in [1.165, 1.54) is 0 Å². The van der Waals surface area contributed by atoms with Crippen molar-refractivity contribution in [3.05, 3.63) is 28.2 Å². The highest BCUT2D eigenvalue weighted by molar-refractivity contribution is 6.35. The first-order valence-electron chi connectivity index (χ1n) is 5.91. The maximum atomic E-state index is 12.0. The lowest BCUT2D eigenvalue weighted by Gasteiger charge is -2.44. The molecule has 4 nitrogen and oxygen atoms in total. The van der Waals surface area contributed by atoms with Crippen LogP contribution in [0.5, 0.6) is 5.75 Å². The quantitative estimate of drug-likeness (QED) is 0.932. The first kappa shape index (κ1) is 14.4. The molecule has 1 amide bonds. The van der Waals surface area contributed by atoms with E-state index in [1.54, 1.807) is 36.9 Å². The molecule has 0 spiro atoms. The van der Waals surface area contributed by atoms with Crippen molar-refractivity contribution in [2.75, 3.05) is 13.1 Å². The summed E-state index contributed by atoms with van der Waals surface area (Å²) in [6, 6.07) is 4.83. The summed E-state index contributed by atoms with van der Waals surface area (Å²) in [7, 11) is 0. The SMILES string of the molecule is CC(Oc1ccc(Cl)cc1Cl)C(=O)N1CC(C)(O)C1. The Morgan fingerprint density at radius 1 is 1.47 bits per heavy atom. The first-order chi connectivity index (χ1) is 8.78. The van der Waals surface area contributed by atoms with E-state index in [0.717, 1.165) is 0 Å². The Kier molecular flexibility index (Phi) is 3.95. The van der Waals surface area contributed by atoms with Gasteiger partial charge in [0.2, 0.25) is 0 Å². The third-order valence-corrected chi connectivity index (χ3v) is 3.45. The summed E-state index contributed by atoms with van der Waals surface area (Å²) in [6.07, 6.45) is -0.658. The highest BCUT2D eigenvalue weighted by Gasteiger charge is 2.41. The third kappa shape index (κ3) is 3.32. The van der Waals surface area contributed by atoms with Gasteiger partial charge in [-0.2, -0.15) is 0 Å². The van der Waals surface area contributed by atoms with Gasteiger partial charge in [0.1, 0.15) is 5.75 Å². The number of hydrogen-bond acceptors (Lipinski definition) is 3. The van der Waals surface area contributed by atoms with Crippen molar-refractivity contribution < 1.29 is 14.6 Å². The summed E-state index contributed by atoms with van der Waals surface area (Å²) in [4.78, 5) is 13.6. The van der Waals surface area contributed by atoms with Gasteiger partial charge in [0, 0.05) is 5.02 Å². The number of carbonyl (C=O) groups excluding carboxylic acids is 1. The van der Waals surface area contributed by atoms with Gasteiger partial charge in [-0.3, -0.25) is 4.79 Å². The number of hydrogen-bond donors (Lipinski definition) is 1. The molecule has 6 heteroatoms. The molecule has 1 aliphatic rings. The van der Waals surface area contributed by atoms with E-state index in [9.17, 15) is 9.90 Å². The fourth-order valence-electron chi connectivity index (χ4n) is 2.00. The van der Waals surface area contributed by atoms with Crippen molar-refractivity contribution in [2.24, 2.45) is 0 Å². The van der Waals surface area contributed by atoms with Crippen LogP contribution in [0.25, 0.3) is 0 Å². The minimum absolute atomic E-state index is 0.169. The molecule has 1 aliphatic heterocycles. The number of halogens is 2. The molecule has 0 aliphatic carbocycles. The molecule has 0 aromatic heterocycles. The molecule has 1 heterocycles. The molecular weight excluding hydrogens is 289 g/mol. The topological polar surface area (TPSA) is 49.8 Å². The Balaban J connectivity index is 1.97. The zero-order valence-corrected chi connectivity index (χ0v) is 12.2. The molecular formula is C13H15Cl2NO3. The molecule has 0 saturated carbocycles. The van der Waals surface area contributed by atoms with Gasteiger partial charge in [0.25, 0.3) is 5.91 Å². The second kappa shape index (κ2) is 5.19. The van der Waals surface area contributed by atoms with E-state index >= 15 is 0 Å². The molecule has 1 N–H and O–H groups in total. The van der Waals surface area contributed by atoms with E-state index in [1.807, 2.05) is 0 Å². The van der Waals surface area contributed by atoms with Crippen LogP contribution in [0, 0.1) is 0 Å². The predicted octanol–water partition coefficient (Wildman–Crippen LogP) is 2.35. The lowest BCUT2D eigenvalue weighted by atomic mass is 9.96. The molecule has 1 unspecified atom stereocenters. The van der Waals surface area contributed by atoms with Gasteiger partial charge in [-0.1, -0.05) is 23.2 Å². The lowest BCUT2D eigenvalue weighted by Crippen LogP contribution is -2.63. The second-order valence-corrected chi connectivity index (χ2v) is 5.87. The average Bonchev–Trinajstić information content (AvgIpc) is 2.28. The predicted molar refractivity (Wildman–Crippen MR) is 73.8 cm³/mol. The van der Waals surface area contributed by atoms with Gasteiger partial charge < -0.3 is 14.7 Å². The minimum atomic E-state index is -0.784. The van der Waals surface area contributed by atoms with Gasteiger partial charge in [-0.05, 0) is 32.0 Å². The first-order valence-corrected chi connectivity index (χ1v) is 6.67. The molecule has 19 heavy (non-hydrogen) atoms. The van der Waals surface area contributed by atoms with Crippen molar-refractivity contribution in [3.63, 3.8) is 0 Å². The van der Waals surface area contributed by atoms with Gasteiger partial charge in [-0.15, -0.1) is 0 Å². The molecule has 0 radical (unpaired) electrons. The van der Waals surface area contributed by atoms with Crippen LogP contribution in [0.2, 0.25) is 10.0 Å². The van der Waals surface area contributed by atoms with Crippen molar-refractivity contribution in [1.29, 1.82) is 0 Å². The number of carbonyl (C=O) groups is 1. The van der Waals surface area contributed by atoms with E-state index in [0.29, 0.717) is 28.9 Å². The van der Waals surface area contributed by atoms with Gasteiger partial charge >= 0.3 is 0 Å². The number of aliphatic hydroxyl groups is 1. The fraction of sp³-hybridized carbons (Fsp3) is 0.462.